The molecule has 0 nitrogen and oxygen atoms in total. The molecule has 0 aliphatic rings. The predicted molar refractivity (Wildman–Crippen MR) is 40.2 cm³/mol. The lowest BCUT2D eigenvalue weighted by Crippen LogP contribution is -1.91. The van der Waals surface area contributed by atoms with Crippen LogP contribution in [-0.4, -0.2) is 0 Å². The molecular formula is C6H4ClF2P. The fourth-order valence-corrected chi connectivity index (χ4v) is 1.05. The van der Waals surface area contributed by atoms with Crippen molar-refractivity contribution in [2.24, 2.45) is 0 Å². The lowest BCUT2D eigenvalue weighted by Gasteiger charge is -1.95. The number of benzene rings is 1. The number of rotatable bonds is 1. The molecule has 4 heteroatoms. The molecule has 0 unspecified atom stereocenters. The van der Waals surface area contributed by atoms with Crippen LogP contribution in [0.2, 0.25) is 5.02 Å². The van der Waals surface area contributed by atoms with Crippen LogP contribution < -0.4 is 5.30 Å². The lowest BCUT2D eigenvalue weighted by atomic mass is 10.4. The summed E-state index contributed by atoms with van der Waals surface area (Å²) < 4.78 is 23.8. The van der Waals surface area contributed by atoms with Gasteiger partial charge in [-0.3, -0.25) is 0 Å². The van der Waals surface area contributed by atoms with E-state index in [2.05, 4.69) is 0 Å². The first-order valence-electron chi connectivity index (χ1n) is 2.57. The zero-order valence-electron chi connectivity index (χ0n) is 4.89. The van der Waals surface area contributed by atoms with Crippen LogP contribution in [0.15, 0.2) is 24.3 Å². The molecule has 0 bridgehead atoms. The van der Waals surface area contributed by atoms with Gasteiger partial charge in [0.25, 0.3) is 8.54 Å². The topological polar surface area (TPSA) is 0 Å². The Morgan fingerprint density at radius 1 is 1.10 bits per heavy atom. The van der Waals surface area contributed by atoms with Crippen molar-refractivity contribution in [2.75, 3.05) is 0 Å². The third-order valence-corrected chi connectivity index (χ3v) is 1.96. The first-order chi connectivity index (χ1) is 4.70. The Hall–Kier alpha value is -0.200. The minimum atomic E-state index is -2.97. The third kappa shape index (κ3) is 1.89. The molecule has 1 rings (SSSR count). The van der Waals surface area contributed by atoms with Gasteiger partial charge in [-0.25, -0.2) is 0 Å². The molecule has 0 saturated heterocycles. The second-order valence-corrected chi connectivity index (χ2v) is 3.13. The first-order valence-corrected chi connectivity index (χ1v) is 4.07. The van der Waals surface area contributed by atoms with E-state index >= 15 is 0 Å². The van der Waals surface area contributed by atoms with Crippen molar-refractivity contribution in [3.05, 3.63) is 29.3 Å². The highest BCUT2D eigenvalue weighted by Crippen LogP contribution is 2.37. The van der Waals surface area contributed by atoms with E-state index in [1.54, 1.807) is 0 Å². The van der Waals surface area contributed by atoms with Crippen LogP contribution in [0.3, 0.4) is 0 Å². The first kappa shape index (κ1) is 7.90. The van der Waals surface area contributed by atoms with Crippen LogP contribution in [0, 0.1) is 0 Å². The van der Waals surface area contributed by atoms with E-state index in [1.165, 1.54) is 24.3 Å². The van der Waals surface area contributed by atoms with Gasteiger partial charge in [-0.05, 0) is 24.3 Å². The molecule has 0 aromatic heterocycles. The smallest absolute Gasteiger partial charge is 0.183 e. The minimum absolute atomic E-state index is 0.0689. The van der Waals surface area contributed by atoms with E-state index in [9.17, 15) is 8.39 Å². The van der Waals surface area contributed by atoms with Crippen LogP contribution in [0.5, 0.6) is 0 Å². The van der Waals surface area contributed by atoms with Crippen LogP contribution in [0.1, 0.15) is 0 Å². The van der Waals surface area contributed by atoms with Crippen molar-refractivity contribution in [1.29, 1.82) is 0 Å². The maximum absolute atomic E-state index is 11.9. The average Bonchev–Trinajstić information content (AvgIpc) is 1.88. The molecule has 0 amide bonds. The minimum Gasteiger partial charge on any atom is -0.183 e. The zero-order valence-corrected chi connectivity index (χ0v) is 6.54. The van der Waals surface area contributed by atoms with Crippen molar-refractivity contribution < 1.29 is 8.39 Å². The van der Waals surface area contributed by atoms with E-state index < -0.39 is 8.54 Å². The maximum atomic E-state index is 11.9. The summed E-state index contributed by atoms with van der Waals surface area (Å²) in [5.74, 6) is 0. The van der Waals surface area contributed by atoms with Gasteiger partial charge in [0.1, 0.15) is 0 Å². The molecule has 0 heterocycles. The molecule has 0 radical (unpaired) electrons. The zero-order chi connectivity index (χ0) is 7.56. The van der Waals surface area contributed by atoms with Crippen LogP contribution in [-0.2, 0) is 0 Å². The average molecular weight is 181 g/mol. The molecule has 1 aromatic carbocycles. The SMILES string of the molecule is FP(F)c1ccc(Cl)cc1. The van der Waals surface area contributed by atoms with E-state index in [0.29, 0.717) is 5.02 Å². The third-order valence-electron chi connectivity index (χ3n) is 1.02. The molecule has 0 fully saturated rings. The molecule has 0 aliphatic heterocycles. The van der Waals surface area contributed by atoms with Crippen molar-refractivity contribution in [3.63, 3.8) is 0 Å². The summed E-state index contributed by atoms with van der Waals surface area (Å²) in [4.78, 5) is 0. The lowest BCUT2D eigenvalue weighted by molar-refractivity contribution is 0.763. The van der Waals surface area contributed by atoms with Gasteiger partial charge in [0, 0.05) is 10.3 Å². The molecule has 0 spiro atoms. The molecule has 0 atom stereocenters. The summed E-state index contributed by atoms with van der Waals surface area (Å²) in [6.45, 7) is 0. The van der Waals surface area contributed by atoms with Gasteiger partial charge in [-0.15, -0.1) is 0 Å². The summed E-state index contributed by atoms with van der Waals surface area (Å²) in [5, 5.41) is 0.556. The standard InChI is InChI=1S/C6H4ClF2P/c7-5-1-3-6(4-2-5)10(8)9/h1-4H. The Bertz CT molecular complexity index is 209. The molecule has 10 heavy (non-hydrogen) atoms. The maximum Gasteiger partial charge on any atom is 0.298 e. The number of hydrogen-bond acceptors (Lipinski definition) is 0. The van der Waals surface area contributed by atoms with Gasteiger partial charge in [-0.2, -0.15) is 8.39 Å². The highest BCUT2D eigenvalue weighted by atomic mass is 35.5. The van der Waals surface area contributed by atoms with E-state index in [4.69, 9.17) is 11.6 Å². The van der Waals surface area contributed by atoms with Crippen molar-refractivity contribution in [3.8, 4) is 0 Å². The van der Waals surface area contributed by atoms with E-state index in [1.807, 2.05) is 0 Å². The van der Waals surface area contributed by atoms with Crippen LogP contribution >= 0.6 is 20.1 Å². The molecular weight excluding hydrogens is 176 g/mol. The molecule has 0 N–H and O–H groups in total. The molecule has 1 aromatic rings. The van der Waals surface area contributed by atoms with Crippen molar-refractivity contribution >= 4 is 25.4 Å². The Labute approximate surface area is 63.8 Å². The summed E-state index contributed by atoms with van der Waals surface area (Å²) in [6.07, 6.45) is 0. The monoisotopic (exact) mass is 180 g/mol. The van der Waals surface area contributed by atoms with Gasteiger partial charge in [-0.1, -0.05) is 11.6 Å². The normalized spacial score (nSPS) is 10.4. The Kier molecular flexibility index (Phi) is 2.58. The summed E-state index contributed by atoms with van der Waals surface area (Å²) in [5.41, 5.74) is 0. The Morgan fingerprint density at radius 2 is 1.60 bits per heavy atom. The molecule has 0 aliphatic carbocycles. The van der Waals surface area contributed by atoms with Gasteiger partial charge < -0.3 is 0 Å². The Morgan fingerprint density at radius 3 is 2.00 bits per heavy atom. The Balaban J connectivity index is 2.89. The summed E-state index contributed by atoms with van der Waals surface area (Å²) in [6, 6.07) is 5.61. The number of halogens is 3. The van der Waals surface area contributed by atoms with Crippen LogP contribution in [0.25, 0.3) is 0 Å². The van der Waals surface area contributed by atoms with Gasteiger partial charge in [0.05, 0.1) is 0 Å². The quantitative estimate of drug-likeness (QED) is 0.582. The van der Waals surface area contributed by atoms with E-state index in [0.717, 1.165) is 0 Å². The number of hydrogen-bond donors (Lipinski definition) is 0. The van der Waals surface area contributed by atoms with Crippen LogP contribution in [0.4, 0.5) is 8.39 Å². The van der Waals surface area contributed by atoms with Crippen molar-refractivity contribution in [2.45, 2.75) is 0 Å². The largest absolute Gasteiger partial charge is 0.298 e. The van der Waals surface area contributed by atoms with Gasteiger partial charge in [0.2, 0.25) is 0 Å². The molecule has 54 valence electrons. The predicted octanol–water partition coefficient (Wildman–Crippen LogP) is 3.22. The highest BCUT2D eigenvalue weighted by Gasteiger charge is 2.06. The second kappa shape index (κ2) is 3.27. The summed E-state index contributed by atoms with van der Waals surface area (Å²) >= 11 is 5.48. The van der Waals surface area contributed by atoms with Crippen molar-refractivity contribution in [1.82, 2.24) is 0 Å². The van der Waals surface area contributed by atoms with Gasteiger partial charge in [0.15, 0.2) is 0 Å². The molecule has 0 saturated carbocycles. The second-order valence-electron chi connectivity index (χ2n) is 1.71. The summed E-state index contributed by atoms with van der Waals surface area (Å²) in [7, 11) is -2.97. The van der Waals surface area contributed by atoms with E-state index in [-0.39, 0.29) is 5.30 Å². The fraction of sp³-hybridized carbons (Fsp3) is 0. The van der Waals surface area contributed by atoms with Gasteiger partial charge >= 0.3 is 0 Å². The fourth-order valence-electron chi connectivity index (χ4n) is 0.554. The highest BCUT2D eigenvalue weighted by molar-refractivity contribution is 7.55.